The van der Waals surface area contributed by atoms with Crippen molar-refractivity contribution in [3.63, 3.8) is 0 Å². The normalized spacial score (nSPS) is 13.6. The Labute approximate surface area is 99.0 Å². The maximum Gasteiger partial charge on any atom is 0.0642 e. The highest BCUT2D eigenvalue weighted by Gasteiger charge is 2.19. The van der Waals surface area contributed by atoms with Crippen LogP contribution in [0.15, 0.2) is 24.3 Å². The minimum atomic E-state index is -0.0723. The van der Waals surface area contributed by atoms with Crippen molar-refractivity contribution in [2.75, 3.05) is 12.4 Å². The second-order valence-corrected chi connectivity index (χ2v) is 5.08. The molecule has 0 radical (unpaired) electrons. The van der Waals surface area contributed by atoms with Crippen LogP contribution < -0.4 is 5.32 Å². The molecule has 0 aliphatic heterocycles. The van der Waals surface area contributed by atoms with E-state index in [0.29, 0.717) is 6.04 Å². The molecule has 1 aromatic carbocycles. The zero-order valence-electron chi connectivity index (χ0n) is 11.0. The van der Waals surface area contributed by atoms with E-state index >= 15 is 0 Å². The number of benzene rings is 1. The summed E-state index contributed by atoms with van der Waals surface area (Å²) in [5.74, 6) is 0. The summed E-state index contributed by atoms with van der Waals surface area (Å²) in [5, 5.41) is 3.48. The highest BCUT2D eigenvalue weighted by Crippen LogP contribution is 2.18. The predicted molar refractivity (Wildman–Crippen MR) is 70.0 cm³/mol. The molecule has 0 aromatic heterocycles. The SMILES string of the molecule is COC(C)(C)CC(C)Nc1ccc(C)cc1. The molecule has 1 N–H and O–H groups in total. The first-order valence-electron chi connectivity index (χ1n) is 5.81. The fourth-order valence-electron chi connectivity index (χ4n) is 1.81. The van der Waals surface area contributed by atoms with Crippen molar-refractivity contribution in [3.05, 3.63) is 29.8 Å². The number of methoxy groups -OCH3 is 1. The van der Waals surface area contributed by atoms with Gasteiger partial charge in [-0.3, -0.25) is 0 Å². The third kappa shape index (κ3) is 4.23. The van der Waals surface area contributed by atoms with Crippen LogP contribution in [0.4, 0.5) is 5.69 Å². The summed E-state index contributed by atoms with van der Waals surface area (Å²) in [6.07, 6.45) is 0.984. The molecule has 1 atom stereocenters. The smallest absolute Gasteiger partial charge is 0.0642 e. The van der Waals surface area contributed by atoms with Crippen molar-refractivity contribution < 1.29 is 4.74 Å². The van der Waals surface area contributed by atoms with Gasteiger partial charge in [-0.1, -0.05) is 17.7 Å². The predicted octanol–water partition coefficient (Wildman–Crippen LogP) is 3.61. The highest BCUT2D eigenvalue weighted by atomic mass is 16.5. The average molecular weight is 221 g/mol. The Kier molecular flexibility index (Phi) is 4.36. The molecule has 0 spiro atoms. The van der Waals surface area contributed by atoms with E-state index in [1.54, 1.807) is 7.11 Å². The van der Waals surface area contributed by atoms with Gasteiger partial charge in [-0.25, -0.2) is 0 Å². The summed E-state index contributed by atoms with van der Waals surface area (Å²) in [5.41, 5.74) is 2.39. The van der Waals surface area contributed by atoms with Gasteiger partial charge in [0.05, 0.1) is 5.60 Å². The van der Waals surface area contributed by atoms with Crippen LogP contribution in [-0.2, 0) is 4.74 Å². The van der Waals surface area contributed by atoms with Crippen LogP contribution in [0.2, 0.25) is 0 Å². The standard InChI is InChI=1S/C14H23NO/c1-11-6-8-13(9-7-11)15-12(2)10-14(3,4)16-5/h6-9,12,15H,10H2,1-5H3. The quantitative estimate of drug-likeness (QED) is 0.820. The summed E-state index contributed by atoms with van der Waals surface area (Å²) in [6, 6.07) is 8.88. The Bertz CT molecular complexity index is 316. The molecular weight excluding hydrogens is 198 g/mol. The fraction of sp³-hybridized carbons (Fsp3) is 0.571. The molecule has 0 heterocycles. The van der Waals surface area contributed by atoms with Crippen molar-refractivity contribution in [2.24, 2.45) is 0 Å². The first kappa shape index (κ1) is 13.0. The van der Waals surface area contributed by atoms with E-state index in [1.807, 2.05) is 0 Å². The summed E-state index contributed by atoms with van der Waals surface area (Å²) in [6.45, 7) is 8.50. The molecule has 0 saturated heterocycles. The van der Waals surface area contributed by atoms with Crippen LogP contribution in [0.1, 0.15) is 32.8 Å². The molecule has 0 saturated carbocycles. The first-order chi connectivity index (χ1) is 7.43. The van der Waals surface area contributed by atoms with E-state index in [0.717, 1.165) is 6.42 Å². The molecular formula is C14H23NO. The summed E-state index contributed by atoms with van der Waals surface area (Å²) >= 11 is 0. The molecule has 0 bridgehead atoms. The average Bonchev–Trinajstić information content (AvgIpc) is 2.21. The van der Waals surface area contributed by atoms with Gasteiger partial charge in [0.15, 0.2) is 0 Å². The van der Waals surface area contributed by atoms with E-state index in [-0.39, 0.29) is 5.60 Å². The van der Waals surface area contributed by atoms with Crippen LogP contribution in [0.3, 0.4) is 0 Å². The Balaban J connectivity index is 2.51. The molecule has 2 nitrogen and oxygen atoms in total. The van der Waals surface area contributed by atoms with Gasteiger partial charge in [0.1, 0.15) is 0 Å². The topological polar surface area (TPSA) is 21.3 Å². The molecule has 0 aliphatic carbocycles. The van der Waals surface area contributed by atoms with Crippen LogP contribution in [0.5, 0.6) is 0 Å². The lowest BCUT2D eigenvalue weighted by atomic mass is 9.99. The van der Waals surface area contributed by atoms with E-state index in [2.05, 4.69) is 57.3 Å². The number of aryl methyl sites for hydroxylation is 1. The molecule has 1 aromatic rings. The van der Waals surface area contributed by atoms with Crippen molar-refractivity contribution in [1.29, 1.82) is 0 Å². The maximum absolute atomic E-state index is 5.43. The van der Waals surface area contributed by atoms with E-state index in [9.17, 15) is 0 Å². The van der Waals surface area contributed by atoms with E-state index in [4.69, 9.17) is 4.74 Å². The van der Waals surface area contributed by atoms with E-state index < -0.39 is 0 Å². The third-order valence-corrected chi connectivity index (χ3v) is 2.81. The molecule has 2 heteroatoms. The monoisotopic (exact) mass is 221 g/mol. The second-order valence-electron chi connectivity index (χ2n) is 5.08. The Morgan fingerprint density at radius 2 is 1.81 bits per heavy atom. The minimum absolute atomic E-state index is 0.0723. The Morgan fingerprint density at radius 1 is 1.25 bits per heavy atom. The molecule has 1 unspecified atom stereocenters. The lowest BCUT2D eigenvalue weighted by Gasteiger charge is -2.27. The van der Waals surface area contributed by atoms with Crippen molar-refractivity contribution in [2.45, 2.75) is 45.8 Å². The van der Waals surface area contributed by atoms with Gasteiger partial charge >= 0.3 is 0 Å². The molecule has 0 amide bonds. The number of anilines is 1. The number of nitrogens with one attached hydrogen (secondary N) is 1. The van der Waals surface area contributed by atoms with Crippen LogP contribution >= 0.6 is 0 Å². The van der Waals surface area contributed by atoms with Gasteiger partial charge in [0.25, 0.3) is 0 Å². The van der Waals surface area contributed by atoms with E-state index in [1.165, 1.54) is 11.3 Å². The molecule has 90 valence electrons. The lowest BCUT2D eigenvalue weighted by Crippen LogP contribution is -2.31. The summed E-state index contributed by atoms with van der Waals surface area (Å²) in [4.78, 5) is 0. The second kappa shape index (κ2) is 5.35. The van der Waals surface area contributed by atoms with Gasteiger partial charge in [-0.05, 0) is 46.2 Å². The molecule has 0 fully saturated rings. The third-order valence-electron chi connectivity index (χ3n) is 2.81. The number of rotatable bonds is 5. The van der Waals surface area contributed by atoms with Gasteiger partial charge in [0.2, 0.25) is 0 Å². The maximum atomic E-state index is 5.43. The number of hydrogen-bond acceptors (Lipinski definition) is 2. The largest absolute Gasteiger partial charge is 0.382 e. The van der Waals surface area contributed by atoms with Gasteiger partial charge in [-0.2, -0.15) is 0 Å². The van der Waals surface area contributed by atoms with Crippen LogP contribution in [-0.4, -0.2) is 18.8 Å². The Hall–Kier alpha value is -1.02. The lowest BCUT2D eigenvalue weighted by molar-refractivity contribution is 0.0128. The Morgan fingerprint density at radius 3 is 2.31 bits per heavy atom. The summed E-state index contributed by atoms with van der Waals surface area (Å²) < 4.78 is 5.43. The number of hydrogen-bond donors (Lipinski definition) is 1. The van der Waals surface area contributed by atoms with Gasteiger partial charge in [0, 0.05) is 18.8 Å². The molecule has 0 aliphatic rings. The van der Waals surface area contributed by atoms with Crippen LogP contribution in [0, 0.1) is 6.92 Å². The minimum Gasteiger partial charge on any atom is -0.382 e. The number of ether oxygens (including phenoxy) is 1. The summed E-state index contributed by atoms with van der Waals surface area (Å²) in [7, 11) is 1.76. The highest BCUT2D eigenvalue weighted by molar-refractivity contribution is 5.45. The van der Waals surface area contributed by atoms with Crippen LogP contribution in [0.25, 0.3) is 0 Å². The zero-order chi connectivity index (χ0) is 12.2. The van der Waals surface area contributed by atoms with Crippen molar-refractivity contribution in [1.82, 2.24) is 0 Å². The molecule has 1 rings (SSSR count). The zero-order valence-corrected chi connectivity index (χ0v) is 11.0. The fourth-order valence-corrected chi connectivity index (χ4v) is 1.81. The molecule has 16 heavy (non-hydrogen) atoms. The van der Waals surface area contributed by atoms with Gasteiger partial charge < -0.3 is 10.1 Å². The first-order valence-corrected chi connectivity index (χ1v) is 5.81. The van der Waals surface area contributed by atoms with Crippen molar-refractivity contribution in [3.8, 4) is 0 Å². The van der Waals surface area contributed by atoms with Gasteiger partial charge in [-0.15, -0.1) is 0 Å². The van der Waals surface area contributed by atoms with Crippen molar-refractivity contribution >= 4 is 5.69 Å².